The number of benzene rings is 1. The van der Waals surface area contributed by atoms with E-state index in [2.05, 4.69) is 10.6 Å². The van der Waals surface area contributed by atoms with Crippen molar-refractivity contribution in [3.63, 3.8) is 0 Å². The molecule has 0 radical (unpaired) electrons. The first kappa shape index (κ1) is 17.5. The molecule has 23 heavy (non-hydrogen) atoms. The molecule has 126 valence electrons. The number of carbonyl (C=O) groups excluding carboxylic acids is 2. The van der Waals surface area contributed by atoms with Crippen LogP contribution >= 0.6 is 0 Å². The molecule has 0 aromatic heterocycles. The maximum atomic E-state index is 12.1. The van der Waals surface area contributed by atoms with Gasteiger partial charge in [-0.3, -0.25) is 9.59 Å². The Morgan fingerprint density at radius 1 is 1.17 bits per heavy atom. The van der Waals surface area contributed by atoms with E-state index < -0.39 is 0 Å². The first-order valence-electron chi connectivity index (χ1n) is 8.22. The first-order valence-corrected chi connectivity index (χ1v) is 8.22. The zero-order chi connectivity index (χ0) is 17.0. The monoisotopic (exact) mass is 317 g/mol. The van der Waals surface area contributed by atoms with E-state index in [4.69, 9.17) is 5.73 Å². The minimum absolute atomic E-state index is 0.0146. The molecule has 1 aliphatic carbocycles. The molecule has 1 aliphatic rings. The third-order valence-corrected chi connectivity index (χ3v) is 4.08. The van der Waals surface area contributed by atoms with Gasteiger partial charge in [0.05, 0.1) is 0 Å². The van der Waals surface area contributed by atoms with Gasteiger partial charge in [-0.1, -0.05) is 6.42 Å². The molecule has 5 heteroatoms. The van der Waals surface area contributed by atoms with E-state index in [9.17, 15) is 9.59 Å². The summed E-state index contributed by atoms with van der Waals surface area (Å²) in [6.07, 6.45) is 3.61. The molecule has 5 nitrogen and oxygen atoms in total. The fourth-order valence-corrected chi connectivity index (χ4v) is 2.89. The largest absolute Gasteiger partial charge is 0.347 e. The van der Waals surface area contributed by atoms with Crippen molar-refractivity contribution in [1.82, 2.24) is 5.32 Å². The third-order valence-electron chi connectivity index (χ3n) is 4.08. The number of hydrogen-bond acceptors (Lipinski definition) is 3. The SMILES string of the molecule is CC(C)(C)NC(=O)c1ccc(NC(=O)C[C@@H]2CCC[C@H]2N)cc1. The van der Waals surface area contributed by atoms with Gasteiger partial charge < -0.3 is 16.4 Å². The maximum absolute atomic E-state index is 12.1. The van der Waals surface area contributed by atoms with Crippen LogP contribution in [0.2, 0.25) is 0 Å². The van der Waals surface area contributed by atoms with Crippen LogP contribution in [-0.4, -0.2) is 23.4 Å². The molecule has 2 atom stereocenters. The van der Waals surface area contributed by atoms with Crippen LogP contribution in [0.25, 0.3) is 0 Å². The maximum Gasteiger partial charge on any atom is 0.251 e. The molecule has 2 amide bonds. The predicted molar refractivity (Wildman–Crippen MR) is 92.2 cm³/mol. The molecule has 0 heterocycles. The second-order valence-electron chi connectivity index (χ2n) is 7.39. The van der Waals surface area contributed by atoms with E-state index >= 15 is 0 Å². The Balaban J connectivity index is 1.89. The van der Waals surface area contributed by atoms with Gasteiger partial charge in [0, 0.05) is 29.3 Å². The molecule has 0 aliphatic heterocycles. The topological polar surface area (TPSA) is 84.2 Å². The van der Waals surface area contributed by atoms with E-state index in [1.807, 2.05) is 20.8 Å². The molecule has 2 rings (SSSR count). The number of anilines is 1. The lowest BCUT2D eigenvalue weighted by Gasteiger charge is -2.20. The molecule has 0 saturated heterocycles. The lowest BCUT2D eigenvalue weighted by Crippen LogP contribution is -2.40. The number of rotatable bonds is 4. The minimum atomic E-state index is -0.274. The smallest absolute Gasteiger partial charge is 0.251 e. The van der Waals surface area contributed by atoms with Crippen molar-refractivity contribution in [2.24, 2.45) is 11.7 Å². The quantitative estimate of drug-likeness (QED) is 0.798. The van der Waals surface area contributed by atoms with Crippen LogP contribution in [0.15, 0.2) is 24.3 Å². The van der Waals surface area contributed by atoms with Crippen LogP contribution in [0.4, 0.5) is 5.69 Å². The zero-order valence-electron chi connectivity index (χ0n) is 14.2. The van der Waals surface area contributed by atoms with Crippen molar-refractivity contribution >= 4 is 17.5 Å². The Hall–Kier alpha value is -1.88. The molecule has 4 N–H and O–H groups in total. The van der Waals surface area contributed by atoms with Crippen molar-refractivity contribution in [2.45, 2.75) is 58.0 Å². The summed E-state index contributed by atoms with van der Waals surface area (Å²) in [7, 11) is 0. The number of hydrogen-bond donors (Lipinski definition) is 3. The van der Waals surface area contributed by atoms with Gasteiger partial charge >= 0.3 is 0 Å². The summed E-state index contributed by atoms with van der Waals surface area (Å²) in [5, 5.41) is 5.79. The molecule has 0 spiro atoms. The normalized spacial score (nSPS) is 21.0. The van der Waals surface area contributed by atoms with Gasteiger partial charge in [0.1, 0.15) is 0 Å². The van der Waals surface area contributed by atoms with Gasteiger partial charge in [-0.25, -0.2) is 0 Å². The Kier molecular flexibility index (Phi) is 5.42. The van der Waals surface area contributed by atoms with Crippen molar-refractivity contribution in [3.8, 4) is 0 Å². The highest BCUT2D eigenvalue weighted by molar-refractivity contribution is 5.96. The van der Waals surface area contributed by atoms with Gasteiger partial charge in [0.25, 0.3) is 5.91 Å². The Morgan fingerprint density at radius 2 is 1.83 bits per heavy atom. The number of amides is 2. The summed E-state index contributed by atoms with van der Waals surface area (Å²) in [5.41, 5.74) is 7.01. The highest BCUT2D eigenvalue weighted by Gasteiger charge is 2.26. The standard InChI is InChI=1S/C18H27N3O2/c1-18(2,3)21-17(23)12-7-9-14(10-8-12)20-16(22)11-13-5-4-6-15(13)19/h7-10,13,15H,4-6,11,19H2,1-3H3,(H,20,22)(H,21,23)/t13-,15+/m0/s1. The van der Waals surface area contributed by atoms with E-state index in [-0.39, 0.29) is 29.3 Å². The van der Waals surface area contributed by atoms with E-state index in [0.717, 1.165) is 19.3 Å². The van der Waals surface area contributed by atoms with Crippen LogP contribution < -0.4 is 16.4 Å². The molecule has 0 bridgehead atoms. The van der Waals surface area contributed by atoms with Crippen LogP contribution in [0.1, 0.15) is 56.8 Å². The van der Waals surface area contributed by atoms with Gasteiger partial charge in [-0.15, -0.1) is 0 Å². The number of carbonyl (C=O) groups is 2. The summed E-state index contributed by atoms with van der Waals surface area (Å²) < 4.78 is 0. The highest BCUT2D eigenvalue weighted by atomic mass is 16.2. The molecule has 1 aromatic carbocycles. The Morgan fingerprint density at radius 3 is 2.35 bits per heavy atom. The van der Waals surface area contributed by atoms with Crippen LogP contribution in [0.5, 0.6) is 0 Å². The van der Waals surface area contributed by atoms with Crippen LogP contribution in [-0.2, 0) is 4.79 Å². The minimum Gasteiger partial charge on any atom is -0.347 e. The molecule has 1 aromatic rings. The Bertz CT molecular complexity index is 561. The van der Waals surface area contributed by atoms with Crippen molar-refractivity contribution in [3.05, 3.63) is 29.8 Å². The van der Waals surface area contributed by atoms with E-state index in [1.54, 1.807) is 24.3 Å². The molecular weight excluding hydrogens is 290 g/mol. The summed E-state index contributed by atoms with van der Waals surface area (Å²) in [6.45, 7) is 5.81. The van der Waals surface area contributed by atoms with Crippen molar-refractivity contribution < 1.29 is 9.59 Å². The van der Waals surface area contributed by atoms with Gasteiger partial charge in [0.2, 0.25) is 5.91 Å². The lowest BCUT2D eigenvalue weighted by atomic mass is 10.00. The van der Waals surface area contributed by atoms with E-state index in [0.29, 0.717) is 17.7 Å². The van der Waals surface area contributed by atoms with Gasteiger partial charge in [-0.05, 0) is 63.8 Å². The molecule has 1 fully saturated rings. The molecule has 0 unspecified atom stereocenters. The van der Waals surface area contributed by atoms with E-state index in [1.165, 1.54) is 0 Å². The summed E-state index contributed by atoms with van der Waals surface area (Å²) >= 11 is 0. The second kappa shape index (κ2) is 7.13. The van der Waals surface area contributed by atoms with Crippen LogP contribution in [0.3, 0.4) is 0 Å². The fourth-order valence-electron chi connectivity index (χ4n) is 2.89. The zero-order valence-corrected chi connectivity index (χ0v) is 14.2. The van der Waals surface area contributed by atoms with Crippen LogP contribution in [0, 0.1) is 5.92 Å². The predicted octanol–water partition coefficient (Wildman–Crippen LogP) is 2.67. The number of nitrogens with one attached hydrogen (secondary N) is 2. The first-order chi connectivity index (χ1) is 10.7. The van der Waals surface area contributed by atoms with Crippen molar-refractivity contribution in [1.29, 1.82) is 0 Å². The lowest BCUT2D eigenvalue weighted by molar-refractivity contribution is -0.117. The second-order valence-corrected chi connectivity index (χ2v) is 7.39. The third kappa shape index (κ3) is 5.36. The fraction of sp³-hybridized carbons (Fsp3) is 0.556. The van der Waals surface area contributed by atoms with Gasteiger partial charge in [0.15, 0.2) is 0 Å². The number of nitrogens with two attached hydrogens (primary N) is 1. The highest BCUT2D eigenvalue weighted by Crippen LogP contribution is 2.27. The molecule has 1 saturated carbocycles. The summed E-state index contributed by atoms with van der Waals surface area (Å²) in [5.74, 6) is 0.151. The molecular formula is C18H27N3O2. The average Bonchev–Trinajstić information content (AvgIpc) is 2.83. The Labute approximate surface area is 138 Å². The van der Waals surface area contributed by atoms with Gasteiger partial charge in [-0.2, -0.15) is 0 Å². The summed E-state index contributed by atoms with van der Waals surface area (Å²) in [6, 6.07) is 7.09. The van der Waals surface area contributed by atoms with Crippen molar-refractivity contribution in [2.75, 3.05) is 5.32 Å². The average molecular weight is 317 g/mol. The summed E-state index contributed by atoms with van der Waals surface area (Å²) in [4.78, 5) is 24.1.